The van der Waals surface area contributed by atoms with Crippen molar-refractivity contribution in [2.45, 2.75) is 77.2 Å². The summed E-state index contributed by atoms with van der Waals surface area (Å²) in [6, 6.07) is -0.941. The average Bonchev–Trinajstić information content (AvgIpc) is 2.94. The number of aliphatic imine (C=N–C) groups is 1. The summed E-state index contributed by atoms with van der Waals surface area (Å²) in [7, 11) is 0. The fourth-order valence-electron chi connectivity index (χ4n) is 2.88. The van der Waals surface area contributed by atoms with Crippen molar-refractivity contribution in [2.75, 3.05) is 13.1 Å². The van der Waals surface area contributed by atoms with Crippen LogP contribution in [0.15, 0.2) is 4.99 Å². The van der Waals surface area contributed by atoms with E-state index < -0.39 is 18.0 Å². The maximum absolute atomic E-state index is 11.1. The van der Waals surface area contributed by atoms with Crippen molar-refractivity contribution < 1.29 is 19.8 Å². The molecule has 0 aromatic rings. The number of carboxylic acid groups (broad SMARTS) is 2. The Morgan fingerprint density at radius 2 is 1.52 bits per heavy atom. The fourth-order valence-corrected chi connectivity index (χ4v) is 2.88. The van der Waals surface area contributed by atoms with Crippen molar-refractivity contribution >= 4 is 17.8 Å². The largest absolute Gasteiger partial charge is 0.480 e. The maximum Gasteiger partial charge on any atom is 0.371 e. The first-order chi connectivity index (χ1) is 11.1. The molecule has 1 unspecified atom stereocenters. The van der Waals surface area contributed by atoms with E-state index in [0.29, 0.717) is 6.54 Å². The highest BCUT2D eigenvalue weighted by molar-refractivity contribution is 6.35. The van der Waals surface area contributed by atoms with Crippen LogP contribution in [-0.2, 0) is 9.59 Å². The molecule has 6 heteroatoms. The number of amidine groups is 1. The predicted octanol–water partition coefficient (Wildman–Crippen LogP) is 3.16. The molecule has 132 valence electrons. The van der Waals surface area contributed by atoms with Crippen LogP contribution in [0.4, 0.5) is 0 Å². The molecule has 0 amide bonds. The average molecular weight is 326 g/mol. The zero-order chi connectivity index (χ0) is 17.1. The van der Waals surface area contributed by atoms with Gasteiger partial charge < -0.3 is 15.1 Å². The molecule has 0 aromatic heterocycles. The molecule has 1 aliphatic rings. The molecule has 0 spiro atoms. The van der Waals surface area contributed by atoms with Crippen molar-refractivity contribution in [1.82, 2.24) is 4.90 Å². The second-order valence-corrected chi connectivity index (χ2v) is 6.24. The lowest BCUT2D eigenvalue weighted by Gasteiger charge is -2.18. The Morgan fingerprint density at radius 1 is 1.00 bits per heavy atom. The number of hydrogen-bond donors (Lipinski definition) is 2. The van der Waals surface area contributed by atoms with E-state index in [0.717, 1.165) is 19.3 Å². The molecule has 2 N–H and O–H groups in total. The van der Waals surface area contributed by atoms with Gasteiger partial charge in [0.05, 0.1) is 6.54 Å². The van der Waals surface area contributed by atoms with Crippen LogP contribution < -0.4 is 0 Å². The van der Waals surface area contributed by atoms with Crippen LogP contribution in [-0.4, -0.2) is 52.0 Å². The van der Waals surface area contributed by atoms with Gasteiger partial charge in [0.25, 0.3) is 0 Å². The molecule has 1 rings (SSSR count). The lowest BCUT2D eigenvalue weighted by atomic mass is 10.1. The third kappa shape index (κ3) is 7.48. The van der Waals surface area contributed by atoms with Gasteiger partial charge in [0, 0.05) is 6.54 Å². The number of hydrogen-bond acceptors (Lipinski definition) is 4. The van der Waals surface area contributed by atoms with Gasteiger partial charge in [0.15, 0.2) is 6.04 Å². The first kappa shape index (κ1) is 19.5. The normalized spacial score (nSPS) is 17.3. The van der Waals surface area contributed by atoms with Crippen LogP contribution in [0.1, 0.15) is 71.1 Å². The highest BCUT2D eigenvalue weighted by atomic mass is 16.4. The fraction of sp³-hybridized carbons (Fsp3) is 0.824. The molecule has 1 heterocycles. The number of carbonyl (C=O) groups is 2. The third-order valence-corrected chi connectivity index (χ3v) is 4.23. The van der Waals surface area contributed by atoms with Crippen molar-refractivity contribution in [3.63, 3.8) is 0 Å². The summed E-state index contributed by atoms with van der Waals surface area (Å²) in [4.78, 5) is 27.4. The van der Waals surface area contributed by atoms with E-state index in [9.17, 15) is 9.59 Å². The second-order valence-electron chi connectivity index (χ2n) is 6.24. The smallest absolute Gasteiger partial charge is 0.371 e. The minimum atomic E-state index is -1.14. The number of rotatable bonds is 13. The van der Waals surface area contributed by atoms with E-state index in [1.807, 2.05) is 0 Å². The molecule has 1 atom stereocenters. The highest BCUT2D eigenvalue weighted by Gasteiger charge is 2.33. The predicted molar refractivity (Wildman–Crippen MR) is 89.9 cm³/mol. The number of carboxylic acids is 2. The van der Waals surface area contributed by atoms with E-state index in [2.05, 4.69) is 11.9 Å². The molecule has 1 aliphatic heterocycles. The minimum absolute atomic E-state index is 0.103. The zero-order valence-corrected chi connectivity index (χ0v) is 14.2. The van der Waals surface area contributed by atoms with Gasteiger partial charge in [-0.05, 0) is 6.42 Å². The van der Waals surface area contributed by atoms with E-state index in [1.54, 1.807) is 4.90 Å². The van der Waals surface area contributed by atoms with Crippen molar-refractivity contribution in [3.8, 4) is 0 Å². The van der Waals surface area contributed by atoms with Crippen LogP contribution in [0.5, 0.6) is 0 Å². The van der Waals surface area contributed by atoms with E-state index >= 15 is 0 Å². The highest BCUT2D eigenvalue weighted by Crippen LogP contribution is 2.14. The Kier molecular flexibility index (Phi) is 9.33. The lowest BCUT2D eigenvalue weighted by Crippen LogP contribution is -2.36. The third-order valence-electron chi connectivity index (χ3n) is 4.23. The van der Waals surface area contributed by atoms with Gasteiger partial charge in [-0.25, -0.2) is 14.6 Å². The molecule has 0 saturated heterocycles. The van der Waals surface area contributed by atoms with Crippen molar-refractivity contribution in [1.29, 1.82) is 0 Å². The van der Waals surface area contributed by atoms with Gasteiger partial charge in [-0.2, -0.15) is 0 Å². The Bertz CT molecular complexity index is 409. The van der Waals surface area contributed by atoms with Crippen LogP contribution in [0.3, 0.4) is 0 Å². The van der Waals surface area contributed by atoms with E-state index in [-0.39, 0.29) is 12.4 Å². The van der Waals surface area contributed by atoms with Crippen LogP contribution in [0, 0.1) is 0 Å². The van der Waals surface area contributed by atoms with Crippen LogP contribution in [0.2, 0.25) is 0 Å². The molecule has 0 bridgehead atoms. The van der Waals surface area contributed by atoms with Gasteiger partial charge >= 0.3 is 11.9 Å². The summed E-state index contributed by atoms with van der Waals surface area (Å²) >= 11 is 0. The lowest BCUT2D eigenvalue weighted by molar-refractivity contribution is -0.138. The molecular weight excluding hydrogens is 296 g/mol. The number of aliphatic carboxylic acids is 2. The standard InChI is InChI=1S/C17H30N2O4/c1-2-3-4-5-6-7-8-9-10-11-12-19-13-14(16(20)21)18-15(19)17(22)23/h14H,2-13H2,1H3,(H,20,21)(H,22,23). The van der Waals surface area contributed by atoms with Gasteiger partial charge in [-0.3, -0.25) is 0 Å². The Balaban J connectivity index is 2.10. The monoisotopic (exact) mass is 326 g/mol. The van der Waals surface area contributed by atoms with Crippen LogP contribution >= 0.6 is 0 Å². The Morgan fingerprint density at radius 3 is 2.00 bits per heavy atom. The summed E-state index contributed by atoms with van der Waals surface area (Å²) in [6.07, 6.45) is 12.2. The topological polar surface area (TPSA) is 90.2 Å². The summed E-state index contributed by atoms with van der Waals surface area (Å²) in [5.74, 6) is -2.30. The van der Waals surface area contributed by atoms with Gasteiger partial charge in [-0.15, -0.1) is 0 Å². The molecule has 0 aliphatic carbocycles. The van der Waals surface area contributed by atoms with Gasteiger partial charge in [-0.1, -0.05) is 64.7 Å². The van der Waals surface area contributed by atoms with Gasteiger partial charge in [0.2, 0.25) is 5.84 Å². The van der Waals surface area contributed by atoms with Crippen LogP contribution in [0.25, 0.3) is 0 Å². The summed E-state index contributed by atoms with van der Waals surface area (Å²) in [6.45, 7) is 2.97. The van der Waals surface area contributed by atoms with Gasteiger partial charge in [0.1, 0.15) is 0 Å². The van der Waals surface area contributed by atoms with Crippen molar-refractivity contribution in [3.05, 3.63) is 0 Å². The Labute approximate surface area is 138 Å². The molecule has 0 aromatic carbocycles. The number of unbranched alkanes of at least 4 members (excludes halogenated alkanes) is 9. The SMILES string of the molecule is CCCCCCCCCCCCN1CC(C(=O)O)N=C1C(=O)O. The first-order valence-corrected chi connectivity index (χ1v) is 8.85. The quantitative estimate of drug-likeness (QED) is 0.507. The first-order valence-electron chi connectivity index (χ1n) is 8.85. The summed E-state index contributed by atoms with van der Waals surface area (Å²) in [5, 5.41) is 18.0. The van der Waals surface area contributed by atoms with Crippen molar-refractivity contribution in [2.24, 2.45) is 4.99 Å². The second kappa shape index (κ2) is 11.0. The van der Waals surface area contributed by atoms with E-state index in [4.69, 9.17) is 10.2 Å². The molecule has 0 saturated carbocycles. The minimum Gasteiger partial charge on any atom is -0.480 e. The molecule has 23 heavy (non-hydrogen) atoms. The summed E-state index contributed by atoms with van der Waals surface area (Å²) < 4.78 is 0. The molecule has 6 nitrogen and oxygen atoms in total. The Hall–Kier alpha value is -1.59. The van der Waals surface area contributed by atoms with E-state index in [1.165, 1.54) is 44.9 Å². The zero-order valence-electron chi connectivity index (χ0n) is 14.2. The molecule has 0 radical (unpaired) electrons. The maximum atomic E-state index is 11.1. The number of nitrogens with zero attached hydrogens (tertiary/aromatic N) is 2. The summed E-state index contributed by atoms with van der Waals surface area (Å²) in [5.41, 5.74) is 0. The molecule has 0 fully saturated rings. The molecular formula is C17H30N2O4.